The van der Waals surface area contributed by atoms with Crippen LogP contribution >= 0.6 is 0 Å². The van der Waals surface area contributed by atoms with Crippen LogP contribution in [0.5, 0.6) is 0 Å². The molecule has 0 atom stereocenters. The van der Waals surface area contributed by atoms with Gasteiger partial charge in [0.1, 0.15) is 18.1 Å². The van der Waals surface area contributed by atoms with Crippen molar-refractivity contribution in [3.63, 3.8) is 0 Å². The third-order valence-corrected chi connectivity index (χ3v) is 3.30. The summed E-state index contributed by atoms with van der Waals surface area (Å²) < 4.78 is 5.41. The van der Waals surface area contributed by atoms with Crippen LogP contribution in [0, 0.1) is 6.92 Å². The molecule has 1 aromatic heterocycles. The Morgan fingerprint density at radius 1 is 1.18 bits per heavy atom. The molecule has 0 radical (unpaired) electrons. The molecule has 1 aromatic carbocycles. The van der Waals surface area contributed by atoms with Gasteiger partial charge in [-0.1, -0.05) is 6.07 Å². The molecule has 1 heterocycles. The van der Waals surface area contributed by atoms with Gasteiger partial charge < -0.3 is 25.3 Å². The Balaban J connectivity index is 2.06. The molecule has 0 saturated heterocycles. The van der Waals surface area contributed by atoms with E-state index in [0.29, 0.717) is 23.6 Å². The predicted octanol–water partition coefficient (Wildman–Crippen LogP) is 1.41. The summed E-state index contributed by atoms with van der Waals surface area (Å²) in [6.07, 6.45) is 0. The first-order chi connectivity index (χ1) is 10.7. The number of hydrogen-bond acceptors (Lipinski definition) is 5. The molecule has 6 nitrogen and oxygen atoms in total. The maximum atomic E-state index is 12.0. The fourth-order valence-electron chi connectivity index (χ4n) is 2.12. The van der Waals surface area contributed by atoms with Crippen molar-refractivity contribution in [1.82, 2.24) is 5.32 Å². The third kappa shape index (κ3) is 3.87. The van der Waals surface area contributed by atoms with Gasteiger partial charge in [0.25, 0.3) is 5.91 Å². The Morgan fingerprint density at radius 2 is 1.95 bits per heavy atom. The fourth-order valence-corrected chi connectivity index (χ4v) is 2.12. The van der Waals surface area contributed by atoms with E-state index in [1.165, 1.54) is 0 Å². The van der Waals surface area contributed by atoms with Crippen LogP contribution in [0.15, 0.2) is 34.7 Å². The normalized spacial score (nSPS) is 10.5. The Hall–Kier alpha value is -2.31. The molecule has 2 aromatic rings. The lowest BCUT2D eigenvalue weighted by atomic mass is 10.1. The average molecular weight is 304 g/mol. The van der Waals surface area contributed by atoms with Gasteiger partial charge in [-0.15, -0.1) is 0 Å². The Kier molecular flexibility index (Phi) is 5.57. The van der Waals surface area contributed by atoms with E-state index in [1.807, 2.05) is 13.0 Å². The van der Waals surface area contributed by atoms with Gasteiger partial charge in [0.15, 0.2) is 0 Å². The van der Waals surface area contributed by atoms with Gasteiger partial charge in [0.2, 0.25) is 0 Å². The second-order valence-electron chi connectivity index (χ2n) is 4.84. The number of amides is 1. The minimum absolute atomic E-state index is 0.0889. The lowest BCUT2D eigenvalue weighted by Crippen LogP contribution is -2.27. The van der Waals surface area contributed by atoms with E-state index in [9.17, 15) is 4.79 Å². The molecule has 22 heavy (non-hydrogen) atoms. The highest BCUT2D eigenvalue weighted by molar-refractivity contribution is 5.97. The average Bonchev–Trinajstić information content (AvgIpc) is 2.99. The molecular weight excluding hydrogens is 284 g/mol. The van der Waals surface area contributed by atoms with Crippen LogP contribution in [0.1, 0.15) is 27.4 Å². The van der Waals surface area contributed by atoms with Gasteiger partial charge >= 0.3 is 0 Å². The summed E-state index contributed by atoms with van der Waals surface area (Å²) in [5.74, 6) is 1.01. The number of anilines is 1. The van der Waals surface area contributed by atoms with Crippen molar-refractivity contribution in [3.05, 3.63) is 53.0 Å². The maximum absolute atomic E-state index is 12.0. The SMILES string of the molecule is Cc1c(NCc2ccc(CO)o2)cccc1C(=O)NCCO. The molecule has 0 aliphatic heterocycles. The van der Waals surface area contributed by atoms with Crippen LogP contribution in [-0.4, -0.2) is 29.3 Å². The summed E-state index contributed by atoms with van der Waals surface area (Å²) in [4.78, 5) is 12.0. The number of rotatable bonds is 7. The van der Waals surface area contributed by atoms with Crippen LogP contribution in [-0.2, 0) is 13.2 Å². The van der Waals surface area contributed by atoms with E-state index in [2.05, 4.69) is 10.6 Å². The van der Waals surface area contributed by atoms with Crippen LogP contribution in [0.4, 0.5) is 5.69 Å². The first kappa shape index (κ1) is 16.1. The van der Waals surface area contributed by atoms with Crippen molar-refractivity contribution in [1.29, 1.82) is 0 Å². The second-order valence-corrected chi connectivity index (χ2v) is 4.84. The molecule has 0 bridgehead atoms. The number of benzene rings is 1. The minimum atomic E-state index is -0.212. The van der Waals surface area contributed by atoms with E-state index in [0.717, 1.165) is 11.3 Å². The molecule has 0 unspecified atom stereocenters. The number of aliphatic hydroxyl groups excluding tert-OH is 2. The smallest absolute Gasteiger partial charge is 0.251 e. The minimum Gasteiger partial charge on any atom is -0.462 e. The van der Waals surface area contributed by atoms with Crippen molar-refractivity contribution in [2.45, 2.75) is 20.1 Å². The molecule has 6 heteroatoms. The summed E-state index contributed by atoms with van der Waals surface area (Å²) in [5, 5.41) is 23.6. The number of aliphatic hydroxyl groups is 2. The Morgan fingerprint density at radius 3 is 2.64 bits per heavy atom. The van der Waals surface area contributed by atoms with E-state index in [-0.39, 0.29) is 25.7 Å². The van der Waals surface area contributed by atoms with Crippen LogP contribution in [0.3, 0.4) is 0 Å². The van der Waals surface area contributed by atoms with Crippen molar-refractivity contribution < 1.29 is 19.4 Å². The highest BCUT2D eigenvalue weighted by Crippen LogP contribution is 2.20. The molecule has 2 rings (SSSR count). The second kappa shape index (κ2) is 7.63. The standard InChI is InChI=1S/C16H20N2O4/c1-11-14(16(21)17-7-8-19)3-2-4-15(11)18-9-12-5-6-13(10-20)22-12/h2-6,18-20H,7-10H2,1H3,(H,17,21). The summed E-state index contributed by atoms with van der Waals surface area (Å²) >= 11 is 0. The number of nitrogens with one attached hydrogen (secondary N) is 2. The summed E-state index contributed by atoms with van der Waals surface area (Å²) in [5.41, 5.74) is 2.22. The summed E-state index contributed by atoms with van der Waals surface area (Å²) in [6, 6.07) is 8.94. The molecule has 0 saturated carbocycles. The van der Waals surface area contributed by atoms with Crippen molar-refractivity contribution in [2.24, 2.45) is 0 Å². The summed E-state index contributed by atoms with van der Waals surface area (Å²) in [6.45, 7) is 2.33. The highest BCUT2D eigenvalue weighted by Gasteiger charge is 2.11. The molecular formula is C16H20N2O4. The monoisotopic (exact) mass is 304 g/mol. The fraction of sp³-hybridized carbons (Fsp3) is 0.312. The van der Waals surface area contributed by atoms with Crippen molar-refractivity contribution >= 4 is 11.6 Å². The van der Waals surface area contributed by atoms with E-state index in [1.54, 1.807) is 24.3 Å². The van der Waals surface area contributed by atoms with Gasteiger partial charge in [-0.05, 0) is 36.8 Å². The van der Waals surface area contributed by atoms with Gasteiger partial charge in [-0.25, -0.2) is 0 Å². The number of carbonyl (C=O) groups excluding carboxylic acids is 1. The topological polar surface area (TPSA) is 94.7 Å². The third-order valence-electron chi connectivity index (χ3n) is 3.30. The predicted molar refractivity (Wildman–Crippen MR) is 82.6 cm³/mol. The molecule has 4 N–H and O–H groups in total. The van der Waals surface area contributed by atoms with Crippen molar-refractivity contribution in [2.75, 3.05) is 18.5 Å². The maximum Gasteiger partial charge on any atom is 0.251 e. The van der Waals surface area contributed by atoms with E-state index in [4.69, 9.17) is 14.6 Å². The zero-order chi connectivity index (χ0) is 15.9. The molecule has 0 aliphatic carbocycles. The summed E-state index contributed by atoms with van der Waals surface area (Å²) in [7, 11) is 0. The lowest BCUT2D eigenvalue weighted by Gasteiger charge is -2.12. The quantitative estimate of drug-likeness (QED) is 0.620. The van der Waals surface area contributed by atoms with Gasteiger partial charge in [-0.2, -0.15) is 0 Å². The molecule has 0 aliphatic rings. The molecule has 1 amide bonds. The van der Waals surface area contributed by atoms with E-state index >= 15 is 0 Å². The number of carbonyl (C=O) groups is 1. The zero-order valence-electron chi connectivity index (χ0n) is 12.4. The first-order valence-corrected chi connectivity index (χ1v) is 7.06. The van der Waals surface area contributed by atoms with E-state index < -0.39 is 0 Å². The number of hydrogen-bond donors (Lipinski definition) is 4. The zero-order valence-corrected chi connectivity index (χ0v) is 12.4. The van der Waals surface area contributed by atoms with Crippen LogP contribution in [0.25, 0.3) is 0 Å². The van der Waals surface area contributed by atoms with Crippen molar-refractivity contribution in [3.8, 4) is 0 Å². The largest absolute Gasteiger partial charge is 0.462 e. The number of furan rings is 1. The van der Waals surface area contributed by atoms with Gasteiger partial charge in [0.05, 0.1) is 13.2 Å². The van der Waals surface area contributed by atoms with Gasteiger partial charge in [0, 0.05) is 17.8 Å². The lowest BCUT2D eigenvalue weighted by molar-refractivity contribution is 0.0944. The van der Waals surface area contributed by atoms with Gasteiger partial charge in [-0.3, -0.25) is 4.79 Å². The van der Waals surface area contributed by atoms with Crippen LogP contribution in [0.2, 0.25) is 0 Å². The molecule has 0 spiro atoms. The first-order valence-electron chi connectivity index (χ1n) is 7.06. The molecule has 118 valence electrons. The Bertz CT molecular complexity index is 637. The molecule has 0 fully saturated rings. The Labute approximate surface area is 128 Å². The van der Waals surface area contributed by atoms with Crippen LogP contribution < -0.4 is 10.6 Å². The highest BCUT2D eigenvalue weighted by atomic mass is 16.4.